The van der Waals surface area contributed by atoms with Gasteiger partial charge in [-0.05, 0) is 80.7 Å². The predicted molar refractivity (Wildman–Crippen MR) is 144 cm³/mol. The van der Waals surface area contributed by atoms with E-state index in [2.05, 4.69) is 45.1 Å². The Balaban J connectivity index is 1.26. The molecule has 1 aliphatic rings. The van der Waals surface area contributed by atoms with Crippen molar-refractivity contribution >= 4 is 22.6 Å². The van der Waals surface area contributed by atoms with Gasteiger partial charge in [-0.15, -0.1) is 0 Å². The van der Waals surface area contributed by atoms with Gasteiger partial charge in [-0.25, -0.2) is 4.98 Å². The van der Waals surface area contributed by atoms with Gasteiger partial charge in [0.15, 0.2) is 0 Å². The number of rotatable bonds is 7. The number of imidazole rings is 1. The number of benzene rings is 3. The number of carbonyl (C=O) groups excluding carboxylic acids is 1. The number of aromatic nitrogens is 2. The summed E-state index contributed by atoms with van der Waals surface area (Å²) in [5, 5.41) is 3.19. The number of likely N-dealkylation sites (tertiary alicyclic amines) is 1. The molecule has 3 aromatic carbocycles. The van der Waals surface area contributed by atoms with Crippen LogP contribution in [-0.4, -0.2) is 40.6 Å². The van der Waals surface area contributed by atoms with Gasteiger partial charge in [0.25, 0.3) is 0 Å². The number of nitrogens with zero attached hydrogens (tertiary/aromatic N) is 3. The molecule has 1 aromatic heterocycles. The third-order valence-electron chi connectivity index (χ3n) is 7.29. The van der Waals surface area contributed by atoms with Crippen molar-refractivity contribution in [3.05, 3.63) is 89.2 Å². The standard InChI is InChI=1S/C30H34N4O2/c1-21-7-6-8-22(2)29(21)32-30(35)24-15-17-33(18-16-24)20-28-31-26-9-4-5-10-27(26)34(28)19-23-11-13-25(36-3)14-12-23/h4-14,24H,15-20H2,1-3H3,(H,32,35). The monoisotopic (exact) mass is 482 g/mol. The summed E-state index contributed by atoms with van der Waals surface area (Å²) in [6.45, 7) is 7.39. The first-order valence-corrected chi connectivity index (χ1v) is 12.7. The van der Waals surface area contributed by atoms with E-state index in [0.29, 0.717) is 0 Å². The van der Waals surface area contributed by atoms with E-state index in [1.54, 1.807) is 7.11 Å². The van der Waals surface area contributed by atoms with Crippen molar-refractivity contribution in [2.24, 2.45) is 5.92 Å². The van der Waals surface area contributed by atoms with Gasteiger partial charge in [0.05, 0.1) is 24.7 Å². The number of nitrogens with one attached hydrogen (secondary N) is 1. The van der Waals surface area contributed by atoms with Crippen molar-refractivity contribution in [2.75, 3.05) is 25.5 Å². The quantitative estimate of drug-likeness (QED) is 0.375. The second-order valence-electron chi connectivity index (χ2n) is 9.76. The molecule has 0 unspecified atom stereocenters. The van der Waals surface area contributed by atoms with Crippen LogP contribution in [0.25, 0.3) is 11.0 Å². The van der Waals surface area contributed by atoms with Gasteiger partial charge >= 0.3 is 0 Å². The van der Waals surface area contributed by atoms with E-state index in [1.165, 1.54) is 5.56 Å². The second kappa shape index (κ2) is 10.5. The Labute approximate surface area is 212 Å². The van der Waals surface area contributed by atoms with Crippen molar-refractivity contribution < 1.29 is 9.53 Å². The first-order chi connectivity index (χ1) is 17.5. The zero-order valence-electron chi connectivity index (χ0n) is 21.3. The Morgan fingerprint density at radius 1 is 0.944 bits per heavy atom. The molecule has 5 rings (SSSR count). The van der Waals surface area contributed by atoms with E-state index in [9.17, 15) is 4.79 Å². The number of fused-ring (bicyclic) bond motifs is 1. The molecule has 186 valence electrons. The largest absolute Gasteiger partial charge is 0.497 e. The van der Waals surface area contributed by atoms with Crippen LogP contribution in [0.2, 0.25) is 0 Å². The lowest BCUT2D eigenvalue weighted by atomic mass is 9.95. The molecule has 1 amide bonds. The number of carbonyl (C=O) groups is 1. The van der Waals surface area contributed by atoms with Gasteiger partial charge in [-0.1, -0.05) is 42.5 Å². The van der Waals surface area contributed by atoms with Crippen LogP contribution < -0.4 is 10.1 Å². The summed E-state index contributed by atoms with van der Waals surface area (Å²) < 4.78 is 7.63. The van der Waals surface area contributed by atoms with Gasteiger partial charge in [0, 0.05) is 18.2 Å². The molecular weight excluding hydrogens is 448 g/mol. The summed E-state index contributed by atoms with van der Waals surface area (Å²) in [5.41, 5.74) is 6.54. The van der Waals surface area contributed by atoms with Crippen LogP contribution in [0.4, 0.5) is 5.69 Å². The van der Waals surface area contributed by atoms with Crippen LogP contribution in [0.1, 0.15) is 35.4 Å². The average Bonchev–Trinajstić information content (AvgIpc) is 3.23. The molecule has 0 saturated carbocycles. The number of methoxy groups -OCH3 is 1. The van der Waals surface area contributed by atoms with Crippen LogP contribution in [0, 0.1) is 19.8 Å². The molecule has 0 radical (unpaired) electrons. The van der Waals surface area contributed by atoms with Crippen LogP contribution >= 0.6 is 0 Å². The minimum absolute atomic E-state index is 0.0402. The highest BCUT2D eigenvalue weighted by molar-refractivity contribution is 5.94. The first kappa shape index (κ1) is 24.1. The Morgan fingerprint density at radius 2 is 1.64 bits per heavy atom. The Bertz CT molecular complexity index is 1330. The molecule has 0 aliphatic carbocycles. The maximum Gasteiger partial charge on any atom is 0.227 e. The molecule has 6 heteroatoms. The summed E-state index contributed by atoms with van der Waals surface area (Å²) in [6, 6.07) is 22.7. The van der Waals surface area contributed by atoms with Crippen molar-refractivity contribution in [3.63, 3.8) is 0 Å². The highest BCUT2D eigenvalue weighted by atomic mass is 16.5. The molecular formula is C30H34N4O2. The van der Waals surface area contributed by atoms with E-state index in [1.807, 2.05) is 50.2 Å². The Kier molecular flexibility index (Phi) is 7.05. The minimum atomic E-state index is 0.0402. The summed E-state index contributed by atoms with van der Waals surface area (Å²) in [4.78, 5) is 20.4. The van der Waals surface area contributed by atoms with Gasteiger partial charge in [-0.2, -0.15) is 0 Å². The maximum absolute atomic E-state index is 13.0. The first-order valence-electron chi connectivity index (χ1n) is 12.7. The molecule has 6 nitrogen and oxygen atoms in total. The fourth-order valence-corrected chi connectivity index (χ4v) is 5.13. The Hall–Kier alpha value is -3.64. The summed E-state index contributed by atoms with van der Waals surface area (Å²) in [7, 11) is 1.69. The lowest BCUT2D eigenvalue weighted by molar-refractivity contribution is -0.121. The lowest BCUT2D eigenvalue weighted by Crippen LogP contribution is -2.38. The minimum Gasteiger partial charge on any atom is -0.497 e. The van der Waals surface area contributed by atoms with E-state index in [4.69, 9.17) is 9.72 Å². The summed E-state index contributed by atoms with van der Waals surface area (Å²) >= 11 is 0. The zero-order valence-corrected chi connectivity index (χ0v) is 21.3. The van der Waals surface area contributed by atoms with Crippen molar-refractivity contribution in [2.45, 2.75) is 39.8 Å². The Morgan fingerprint density at radius 3 is 2.33 bits per heavy atom. The van der Waals surface area contributed by atoms with Crippen molar-refractivity contribution in [3.8, 4) is 5.75 Å². The van der Waals surface area contributed by atoms with E-state index >= 15 is 0 Å². The normalized spacial score (nSPS) is 14.8. The molecule has 0 spiro atoms. The number of para-hydroxylation sites is 3. The lowest BCUT2D eigenvalue weighted by Gasteiger charge is -2.31. The van der Waals surface area contributed by atoms with Crippen LogP contribution in [0.15, 0.2) is 66.7 Å². The van der Waals surface area contributed by atoms with E-state index < -0.39 is 0 Å². The van der Waals surface area contributed by atoms with E-state index in [0.717, 1.165) is 78.4 Å². The second-order valence-corrected chi connectivity index (χ2v) is 9.76. The smallest absolute Gasteiger partial charge is 0.227 e. The van der Waals surface area contributed by atoms with Crippen molar-refractivity contribution in [1.82, 2.24) is 14.5 Å². The van der Waals surface area contributed by atoms with Crippen LogP contribution in [-0.2, 0) is 17.9 Å². The predicted octanol–water partition coefficient (Wildman–Crippen LogP) is 5.56. The highest BCUT2D eigenvalue weighted by Gasteiger charge is 2.26. The number of amides is 1. The van der Waals surface area contributed by atoms with Crippen LogP contribution in [0.5, 0.6) is 5.75 Å². The molecule has 2 heterocycles. The van der Waals surface area contributed by atoms with E-state index in [-0.39, 0.29) is 11.8 Å². The highest BCUT2D eigenvalue weighted by Crippen LogP contribution is 2.26. The maximum atomic E-state index is 13.0. The number of hydrogen-bond donors (Lipinski definition) is 1. The van der Waals surface area contributed by atoms with Gasteiger partial charge < -0.3 is 14.6 Å². The van der Waals surface area contributed by atoms with Crippen LogP contribution in [0.3, 0.4) is 0 Å². The molecule has 4 aromatic rings. The summed E-state index contributed by atoms with van der Waals surface area (Å²) in [6.07, 6.45) is 1.71. The SMILES string of the molecule is COc1ccc(Cn2c(CN3CCC(C(=O)Nc4c(C)cccc4C)CC3)nc3ccccc32)cc1. The molecule has 36 heavy (non-hydrogen) atoms. The summed E-state index contributed by atoms with van der Waals surface area (Å²) in [5.74, 6) is 2.10. The van der Waals surface area contributed by atoms with Crippen molar-refractivity contribution in [1.29, 1.82) is 0 Å². The third-order valence-corrected chi connectivity index (χ3v) is 7.29. The molecule has 1 aliphatic heterocycles. The fourth-order valence-electron chi connectivity index (χ4n) is 5.13. The number of piperidine rings is 1. The zero-order chi connectivity index (χ0) is 25.1. The third kappa shape index (κ3) is 5.14. The molecule has 0 bridgehead atoms. The number of hydrogen-bond acceptors (Lipinski definition) is 4. The topological polar surface area (TPSA) is 59.4 Å². The molecule has 1 fully saturated rings. The average molecular weight is 483 g/mol. The number of aryl methyl sites for hydroxylation is 2. The number of anilines is 1. The fraction of sp³-hybridized carbons (Fsp3) is 0.333. The van der Waals surface area contributed by atoms with Gasteiger partial charge in [0.1, 0.15) is 11.6 Å². The van der Waals surface area contributed by atoms with Gasteiger partial charge in [-0.3, -0.25) is 9.69 Å². The molecule has 0 atom stereocenters. The van der Waals surface area contributed by atoms with Gasteiger partial charge in [0.2, 0.25) is 5.91 Å². The molecule has 1 N–H and O–H groups in total. The number of ether oxygens (including phenoxy) is 1. The molecule has 1 saturated heterocycles.